The second-order valence-electron chi connectivity index (χ2n) is 6.47. The monoisotopic (exact) mass is 317 g/mol. The van der Waals surface area contributed by atoms with E-state index in [1.807, 2.05) is 13.1 Å². The molecule has 124 valence electrons. The van der Waals surface area contributed by atoms with E-state index in [9.17, 15) is 4.39 Å². The molecule has 0 radical (unpaired) electrons. The van der Waals surface area contributed by atoms with Crippen molar-refractivity contribution in [3.05, 3.63) is 46.4 Å². The van der Waals surface area contributed by atoms with Crippen molar-refractivity contribution < 1.29 is 9.13 Å². The van der Waals surface area contributed by atoms with Gasteiger partial charge in [-0.05, 0) is 42.0 Å². The summed E-state index contributed by atoms with van der Waals surface area (Å²) in [7, 11) is 3.58. The van der Waals surface area contributed by atoms with Crippen molar-refractivity contribution in [2.75, 3.05) is 7.11 Å². The van der Waals surface area contributed by atoms with Gasteiger partial charge in [0.2, 0.25) is 5.88 Å². The van der Waals surface area contributed by atoms with E-state index in [1.165, 1.54) is 5.56 Å². The zero-order chi connectivity index (χ0) is 16.6. The van der Waals surface area contributed by atoms with Crippen LogP contribution in [0.1, 0.15) is 54.6 Å². The number of methoxy groups -OCH3 is 1. The summed E-state index contributed by atoms with van der Waals surface area (Å²) in [6.45, 7) is 4.98. The summed E-state index contributed by atoms with van der Waals surface area (Å²) in [5.41, 5.74) is 4.50. The SMILES string of the molecule is COc1c(CN[C@@H]2CCc3cc(F)ccc32)c(C(C)C)nn1C. The van der Waals surface area contributed by atoms with Crippen LogP contribution in [0.4, 0.5) is 4.39 Å². The number of hydrogen-bond acceptors (Lipinski definition) is 3. The van der Waals surface area contributed by atoms with Gasteiger partial charge in [-0.2, -0.15) is 5.10 Å². The zero-order valence-electron chi connectivity index (χ0n) is 14.2. The van der Waals surface area contributed by atoms with Gasteiger partial charge in [0.25, 0.3) is 0 Å². The number of halogens is 1. The molecule has 0 saturated carbocycles. The summed E-state index contributed by atoms with van der Waals surface area (Å²) in [5.74, 6) is 0.991. The molecule has 5 heteroatoms. The summed E-state index contributed by atoms with van der Waals surface area (Å²) in [6, 6.07) is 5.36. The fraction of sp³-hybridized carbons (Fsp3) is 0.500. The molecular formula is C18H24FN3O. The zero-order valence-corrected chi connectivity index (χ0v) is 14.2. The minimum absolute atomic E-state index is 0.152. The van der Waals surface area contributed by atoms with Crippen LogP contribution in [0.2, 0.25) is 0 Å². The number of hydrogen-bond donors (Lipinski definition) is 1. The summed E-state index contributed by atoms with van der Waals surface area (Å²) in [6.07, 6.45) is 1.92. The van der Waals surface area contributed by atoms with Crippen molar-refractivity contribution in [2.45, 2.75) is 45.2 Å². The molecule has 0 spiro atoms. The molecule has 2 aromatic rings. The van der Waals surface area contributed by atoms with Crippen LogP contribution in [0.25, 0.3) is 0 Å². The Morgan fingerprint density at radius 3 is 2.91 bits per heavy atom. The van der Waals surface area contributed by atoms with Gasteiger partial charge in [-0.25, -0.2) is 9.07 Å². The van der Waals surface area contributed by atoms with E-state index in [1.54, 1.807) is 23.9 Å². The van der Waals surface area contributed by atoms with Gasteiger partial charge in [-0.15, -0.1) is 0 Å². The Balaban J connectivity index is 1.80. The average molecular weight is 317 g/mol. The fourth-order valence-corrected chi connectivity index (χ4v) is 3.48. The molecule has 1 heterocycles. The van der Waals surface area contributed by atoms with Crippen LogP contribution in [0.3, 0.4) is 0 Å². The van der Waals surface area contributed by atoms with Gasteiger partial charge in [0.1, 0.15) is 5.82 Å². The molecular weight excluding hydrogens is 293 g/mol. The molecule has 3 rings (SSSR count). The molecule has 23 heavy (non-hydrogen) atoms. The molecule has 0 aliphatic heterocycles. The number of aromatic nitrogens is 2. The van der Waals surface area contributed by atoms with Crippen LogP contribution in [0.15, 0.2) is 18.2 Å². The maximum atomic E-state index is 13.3. The molecule has 0 saturated heterocycles. The first-order valence-electron chi connectivity index (χ1n) is 8.12. The van der Waals surface area contributed by atoms with E-state index < -0.39 is 0 Å². The molecule has 4 nitrogen and oxygen atoms in total. The number of fused-ring (bicyclic) bond motifs is 1. The van der Waals surface area contributed by atoms with E-state index in [0.29, 0.717) is 12.5 Å². The first-order chi connectivity index (χ1) is 11.0. The number of aryl methyl sites for hydroxylation is 2. The van der Waals surface area contributed by atoms with Gasteiger partial charge >= 0.3 is 0 Å². The molecule has 1 aromatic carbocycles. The van der Waals surface area contributed by atoms with Crippen molar-refractivity contribution in [1.82, 2.24) is 15.1 Å². The predicted molar refractivity (Wildman–Crippen MR) is 88.2 cm³/mol. The normalized spacial score (nSPS) is 16.9. The average Bonchev–Trinajstić information content (AvgIpc) is 3.05. The molecule has 1 aliphatic rings. The van der Waals surface area contributed by atoms with Crippen molar-refractivity contribution in [3.63, 3.8) is 0 Å². The number of nitrogens with zero attached hydrogens (tertiary/aromatic N) is 2. The molecule has 0 bridgehead atoms. The molecule has 0 fully saturated rings. The van der Waals surface area contributed by atoms with Crippen LogP contribution in [0.5, 0.6) is 5.88 Å². The summed E-state index contributed by atoms with van der Waals surface area (Å²) < 4.78 is 20.6. The van der Waals surface area contributed by atoms with Crippen molar-refractivity contribution >= 4 is 0 Å². The lowest BCUT2D eigenvalue weighted by Gasteiger charge is -2.15. The Kier molecular flexibility index (Phi) is 4.39. The largest absolute Gasteiger partial charge is 0.481 e. The Morgan fingerprint density at radius 1 is 1.43 bits per heavy atom. The van der Waals surface area contributed by atoms with Crippen molar-refractivity contribution in [1.29, 1.82) is 0 Å². The molecule has 1 N–H and O–H groups in total. The van der Waals surface area contributed by atoms with Gasteiger partial charge < -0.3 is 10.1 Å². The van der Waals surface area contributed by atoms with E-state index in [2.05, 4.69) is 24.3 Å². The fourth-order valence-electron chi connectivity index (χ4n) is 3.48. The van der Waals surface area contributed by atoms with Gasteiger partial charge in [-0.3, -0.25) is 0 Å². The molecule has 0 unspecified atom stereocenters. The highest BCUT2D eigenvalue weighted by Crippen LogP contribution is 2.33. The van der Waals surface area contributed by atoms with Crippen molar-refractivity contribution in [2.24, 2.45) is 7.05 Å². The Hall–Kier alpha value is -1.88. The van der Waals surface area contributed by atoms with Crippen LogP contribution in [0, 0.1) is 5.82 Å². The summed E-state index contributed by atoms with van der Waals surface area (Å²) >= 11 is 0. The lowest BCUT2D eigenvalue weighted by molar-refractivity contribution is 0.366. The molecule has 1 atom stereocenters. The first-order valence-corrected chi connectivity index (χ1v) is 8.12. The summed E-state index contributed by atoms with van der Waals surface area (Å²) in [4.78, 5) is 0. The van der Waals surface area contributed by atoms with E-state index in [-0.39, 0.29) is 11.9 Å². The smallest absolute Gasteiger partial charge is 0.216 e. The first kappa shape index (κ1) is 16.0. The van der Waals surface area contributed by atoms with E-state index in [4.69, 9.17) is 4.74 Å². The van der Waals surface area contributed by atoms with Crippen LogP contribution in [-0.2, 0) is 20.0 Å². The maximum Gasteiger partial charge on any atom is 0.216 e. The number of ether oxygens (including phenoxy) is 1. The second kappa shape index (κ2) is 6.32. The summed E-state index contributed by atoms with van der Waals surface area (Å²) in [5, 5.41) is 8.19. The number of rotatable bonds is 5. The van der Waals surface area contributed by atoms with Crippen molar-refractivity contribution in [3.8, 4) is 5.88 Å². The lowest BCUT2D eigenvalue weighted by atomic mass is 10.0. The molecule has 1 aromatic heterocycles. The lowest BCUT2D eigenvalue weighted by Crippen LogP contribution is -2.19. The van der Waals surface area contributed by atoms with E-state index in [0.717, 1.165) is 35.5 Å². The van der Waals surface area contributed by atoms with Crippen LogP contribution < -0.4 is 10.1 Å². The Bertz CT molecular complexity index is 709. The predicted octanol–water partition coefficient (Wildman–Crippen LogP) is 3.47. The third kappa shape index (κ3) is 2.98. The Morgan fingerprint density at radius 2 is 2.22 bits per heavy atom. The minimum Gasteiger partial charge on any atom is -0.481 e. The maximum absolute atomic E-state index is 13.3. The van der Waals surface area contributed by atoms with E-state index >= 15 is 0 Å². The Labute approximate surface area is 136 Å². The highest BCUT2D eigenvalue weighted by Gasteiger charge is 2.25. The quantitative estimate of drug-likeness (QED) is 0.918. The van der Waals surface area contributed by atoms with Crippen LogP contribution >= 0.6 is 0 Å². The molecule has 1 aliphatic carbocycles. The highest BCUT2D eigenvalue weighted by atomic mass is 19.1. The van der Waals surface area contributed by atoms with Crippen LogP contribution in [-0.4, -0.2) is 16.9 Å². The standard InChI is InChI=1S/C18H24FN3O/c1-11(2)17-15(18(23-4)22(3)21-17)10-20-16-8-5-12-9-13(19)6-7-14(12)16/h6-7,9,11,16,20H,5,8,10H2,1-4H3/t16-/m1/s1. The third-order valence-corrected chi connectivity index (χ3v) is 4.57. The van der Waals surface area contributed by atoms with Gasteiger partial charge in [0.05, 0.1) is 18.4 Å². The second-order valence-corrected chi connectivity index (χ2v) is 6.47. The highest BCUT2D eigenvalue weighted by molar-refractivity contribution is 5.37. The third-order valence-electron chi connectivity index (χ3n) is 4.57. The number of benzene rings is 1. The van der Waals surface area contributed by atoms with Gasteiger partial charge in [0.15, 0.2) is 0 Å². The van der Waals surface area contributed by atoms with Gasteiger partial charge in [0, 0.05) is 19.6 Å². The van der Waals surface area contributed by atoms with Gasteiger partial charge in [-0.1, -0.05) is 19.9 Å². The molecule has 0 amide bonds. The topological polar surface area (TPSA) is 39.1 Å². The minimum atomic E-state index is -0.152. The number of nitrogens with one attached hydrogen (secondary N) is 1.